The van der Waals surface area contributed by atoms with Gasteiger partial charge in [0.25, 0.3) is 0 Å². The van der Waals surface area contributed by atoms with Crippen molar-refractivity contribution in [2.45, 2.75) is 26.2 Å². The number of hydrogen-bond donors (Lipinski definition) is 1. The summed E-state index contributed by atoms with van der Waals surface area (Å²) in [5, 5.41) is 11.5. The fourth-order valence-electron chi connectivity index (χ4n) is 1.82. The number of carbonyl (C=O) groups is 1. The predicted molar refractivity (Wildman–Crippen MR) is 72.0 cm³/mol. The first-order valence-electron chi connectivity index (χ1n) is 5.84. The van der Waals surface area contributed by atoms with E-state index >= 15 is 0 Å². The van der Waals surface area contributed by atoms with Crippen molar-refractivity contribution in [3.05, 3.63) is 51.5 Å². The number of aryl methyl sites for hydroxylation is 3. The van der Waals surface area contributed by atoms with Crippen LogP contribution < -0.4 is 0 Å². The van der Waals surface area contributed by atoms with Crippen molar-refractivity contribution < 1.29 is 9.90 Å². The number of carboxylic acid groups (broad SMARTS) is 1. The van der Waals surface area contributed by atoms with E-state index in [9.17, 15) is 4.79 Å². The molecule has 1 heterocycles. The predicted octanol–water partition coefficient (Wildman–Crippen LogP) is 2.86. The molecule has 0 amide bonds. The highest BCUT2D eigenvalue weighted by atomic mass is 32.1. The van der Waals surface area contributed by atoms with Gasteiger partial charge in [-0.1, -0.05) is 29.8 Å². The van der Waals surface area contributed by atoms with Gasteiger partial charge in [-0.15, -0.1) is 11.3 Å². The molecule has 0 aliphatic rings. The van der Waals surface area contributed by atoms with Crippen LogP contribution in [0.25, 0.3) is 0 Å². The lowest BCUT2D eigenvalue weighted by Crippen LogP contribution is -2.00. The van der Waals surface area contributed by atoms with Gasteiger partial charge < -0.3 is 5.11 Å². The zero-order chi connectivity index (χ0) is 13.0. The number of rotatable bonds is 5. The summed E-state index contributed by atoms with van der Waals surface area (Å²) >= 11 is 1.54. The number of aromatic nitrogens is 1. The summed E-state index contributed by atoms with van der Waals surface area (Å²) in [6.07, 6.45) is 1.83. The third-order valence-electron chi connectivity index (χ3n) is 2.64. The Morgan fingerprint density at radius 1 is 1.39 bits per heavy atom. The molecular formula is C14H15NO2S. The van der Waals surface area contributed by atoms with Crippen molar-refractivity contribution in [3.8, 4) is 0 Å². The minimum absolute atomic E-state index is 0.0148. The van der Waals surface area contributed by atoms with E-state index < -0.39 is 5.97 Å². The maximum absolute atomic E-state index is 10.6. The lowest BCUT2D eigenvalue weighted by atomic mass is 10.1. The number of benzene rings is 1. The molecule has 0 aliphatic carbocycles. The highest BCUT2D eigenvalue weighted by Gasteiger charge is 2.06. The lowest BCUT2D eigenvalue weighted by Gasteiger charge is -2.00. The normalized spacial score (nSPS) is 10.5. The van der Waals surface area contributed by atoms with Crippen LogP contribution in [0.4, 0.5) is 0 Å². The molecule has 0 aliphatic heterocycles. The maximum atomic E-state index is 10.6. The van der Waals surface area contributed by atoms with E-state index in [0.717, 1.165) is 17.8 Å². The molecule has 2 aromatic rings. The van der Waals surface area contributed by atoms with E-state index in [1.807, 2.05) is 5.38 Å². The Hall–Kier alpha value is -1.68. The van der Waals surface area contributed by atoms with Gasteiger partial charge in [0.1, 0.15) is 0 Å². The van der Waals surface area contributed by atoms with E-state index in [4.69, 9.17) is 5.11 Å². The van der Waals surface area contributed by atoms with E-state index in [1.54, 1.807) is 11.3 Å². The highest BCUT2D eigenvalue weighted by Crippen LogP contribution is 2.14. The van der Waals surface area contributed by atoms with Gasteiger partial charge in [-0.3, -0.25) is 4.79 Å². The number of thiazole rings is 1. The van der Waals surface area contributed by atoms with E-state index in [-0.39, 0.29) is 6.42 Å². The largest absolute Gasteiger partial charge is 0.481 e. The highest BCUT2D eigenvalue weighted by molar-refractivity contribution is 7.09. The number of hydrogen-bond acceptors (Lipinski definition) is 3. The Morgan fingerprint density at radius 3 is 2.94 bits per heavy atom. The minimum Gasteiger partial charge on any atom is -0.481 e. The molecule has 3 nitrogen and oxygen atoms in total. The van der Waals surface area contributed by atoms with Crippen molar-refractivity contribution in [2.24, 2.45) is 0 Å². The Morgan fingerprint density at radius 2 is 2.22 bits per heavy atom. The smallest absolute Gasteiger partial charge is 0.309 e. The molecule has 0 fully saturated rings. The van der Waals surface area contributed by atoms with Crippen LogP contribution in [-0.2, 0) is 24.1 Å². The monoisotopic (exact) mass is 261 g/mol. The zero-order valence-electron chi connectivity index (χ0n) is 10.2. The Labute approximate surface area is 110 Å². The van der Waals surface area contributed by atoms with Crippen molar-refractivity contribution >= 4 is 17.3 Å². The summed E-state index contributed by atoms with van der Waals surface area (Å²) < 4.78 is 0. The van der Waals surface area contributed by atoms with Gasteiger partial charge in [0, 0.05) is 11.8 Å². The lowest BCUT2D eigenvalue weighted by molar-refractivity contribution is -0.136. The SMILES string of the molecule is Cc1cccc(CCc2nc(CC(=O)O)cs2)c1. The van der Waals surface area contributed by atoms with Crippen LogP contribution in [0.15, 0.2) is 29.6 Å². The van der Waals surface area contributed by atoms with Gasteiger partial charge in [0.15, 0.2) is 0 Å². The third kappa shape index (κ3) is 3.67. The molecule has 2 rings (SSSR count). The average Bonchev–Trinajstić information content (AvgIpc) is 2.73. The molecule has 1 aromatic heterocycles. The molecule has 0 saturated heterocycles. The Kier molecular flexibility index (Phi) is 4.10. The Bertz CT molecular complexity index is 548. The first-order valence-corrected chi connectivity index (χ1v) is 6.72. The van der Waals surface area contributed by atoms with Crippen LogP contribution in [0, 0.1) is 6.92 Å². The van der Waals surface area contributed by atoms with Gasteiger partial charge in [0.2, 0.25) is 0 Å². The second-order valence-electron chi connectivity index (χ2n) is 4.29. The molecule has 0 spiro atoms. The molecule has 0 saturated carbocycles. The van der Waals surface area contributed by atoms with Gasteiger partial charge in [0.05, 0.1) is 17.1 Å². The van der Waals surface area contributed by atoms with E-state index in [1.165, 1.54) is 11.1 Å². The number of nitrogens with zero attached hydrogens (tertiary/aromatic N) is 1. The first kappa shape index (κ1) is 12.8. The van der Waals surface area contributed by atoms with Crippen LogP contribution in [0.2, 0.25) is 0 Å². The summed E-state index contributed by atoms with van der Waals surface area (Å²) in [6, 6.07) is 8.42. The summed E-state index contributed by atoms with van der Waals surface area (Å²) in [5.74, 6) is -0.828. The summed E-state index contributed by atoms with van der Waals surface area (Å²) in [4.78, 5) is 14.9. The molecule has 0 atom stereocenters. The third-order valence-corrected chi connectivity index (χ3v) is 3.60. The molecule has 18 heavy (non-hydrogen) atoms. The molecule has 0 unspecified atom stereocenters. The van der Waals surface area contributed by atoms with Crippen molar-refractivity contribution in [3.63, 3.8) is 0 Å². The summed E-state index contributed by atoms with van der Waals surface area (Å²) in [7, 11) is 0. The fraction of sp³-hybridized carbons (Fsp3) is 0.286. The molecule has 94 valence electrons. The summed E-state index contributed by atoms with van der Waals surface area (Å²) in [5.41, 5.74) is 3.22. The van der Waals surface area contributed by atoms with E-state index in [0.29, 0.717) is 5.69 Å². The summed E-state index contributed by atoms with van der Waals surface area (Å²) in [6.45, 7) is 2.08. The second-order valence-corrected chi connectivity index (χ2v) is 5.23. The van der Waals surface area contributed by atoms with Crippen molar-refractivity contribution in [1.29, 1.82) is 0 Å². The molecule has 1 aromatic carbocycles. The first-order chi connectivity index (χ1) is 8.63. The van der Waals surface area contributed by atoms with Crippen molar-refractivity contribution in [2.75, 3.05) is 0 Å². The molecule has 1 N–H and O–H groups in total. The number of carboxylic acids is 1. The number of aliphatic carboxylic acids is 1. The van der Waals surface area contributed by atoms with Gasteiger partial charge in [-0.2, -0.15) is 0 Å². The fourth-order valence-corrected chi connectivity index (χ4v) is 2.62. The van der Waals surface area contributed by atoms with Crippen LogP contribution in [0.3, 0.4) is 0 Å². The van der Waals surface area contributed by atoms with Crippen molar-refractivity contribution in [1.82, 2.24) is 4.98 Å². The van der Waals surface area contributed by atoms with Gasteiger partial charge in [-0.05, 0) is 18.9 Å². The average molecular weight is 261 g/mol. The zero-order valence-corrected chi connectivity index (χ0v) is 11.0. The molecule has 4 heteroatoms. The second kappa shape index (κ2) is 5.78. The van der Waals surface area contributed by atoms with Crippen LogP contribution in [-0.4, -0.2) is 16.1 Å². The van der Waals surface area contributed by atoms with E-state index in [2.05, 4.69) is 36.2 Å². The Balaban J connectivity index is 1.94. The van der Waals surface area contributed by atoms with Crippen LogP contribution in [0.1, 0.15) is 21.8 Å². The van der Waals surface area contributed by atoms with Crippen LogP contribution in [0.5, 0.6) is 0 Å². The standard InChI is InChI=1S/C14H15NO2S/c1-10-3-2-4-11(7-10)5-6-13-15-12(9-18-13)8-14(16)17/h2-4,7,9H,5-6,8H2,1H3,(H,16,17). The molecular weight excluding hydrogens is 246 g/mol. The molecule has 0 radical (unpaired) electrons. The van der Waals surface area contributed by atoms with Crippen LogP contribution >= 0.6 is 11.3 Å². The quantitative estimate of drug-likeness (QED) is 0.900. The van der Waals surface area contributed by atoms with Gasteiger partial charge in [-0.25, -0.2) is 4.98 Å². The van der Waals surface area contributed by atoms with Gasteiger partial charge >= 0.3 is 5.97 Å². The topological polar surface area (TPSA) is 50.2 Å². The molecule has 0 bridgehead atoms. The maximum Gasteiger partial charge on any atom is 0.309 e. The minimum atomic E-state index is -0.828.